The van der Waals surface area contributed by atoms with E-state index in [2.05, 4.69) is 14.4 Å². The van der Waals surface area contributed by atoms with Crippen LogP contribution >= 0.6 is 23.1 Å². The minimum atomic E-state index is -3.44. The maximum absolute atomic E-state index is 14.0. The lowest BCUT2D eigenvalue weighted by atomic mass is 10.1. The van der Waals surface area contributed by atoms with Crippen LogP contribution in [0.15, 0.2) is 51.6 Å². The van der Waals surface area contributed by atoms with Crippen LogP contribution in [-0.2, 0) is 27.7 Å². The largest absolute Gasteiger partial charge is 0.755 e. The molecular weight excluding hydrogens is 476 g/mol. The third kappa shape index (κ3) is 6.47. The zero-order chi connectivity index (χ0) is 21.9. The molecule has 0 bridgehead atoms. The molecule has 0 spiro atoms. The molecule has 0 aliphatic carbocycles. The molecule has 0 saturated carbocycles. The van der Waals surface area contributed by atoms with Crippen LogP contribution in [0.2, 0.25) is 0 Å². The van der Waals surface area contributed by atoms with E-state index in [0.717, 1.165) is 47.1 Å². The number of hydrogen-bond acceptors (Lipinski definition) is 7. The lowest BCUT2D eigenvalue weighted by Crippen LogP contribution is -2.09. The van der Waals surface area contributed by atoms with E-state index >= 15 is 0 Å². The topological polar surface area (TPSA) is 111 Å². The van der Waals surface area contributed by atoms with E-state index < -0.39 is 32.9 Å². The molecule has 30 heavy (non-hydrogen) atoms. The predicted octanol–water partition coefficient (Wildman–Crippen LogP) is 3.74. The van der Waals surface area contributed by atoms with Crippen LogP contribution in [0.5, 0.6) is 0 Å². The maximum Gasteiger partial charge on any atom is 0.231 e. The fourth-order valence-corrected chi connectivity index (χ4v) is 5.37. The highest BCUT2D eigenvalue weighted by Crippen LogP contribution is 2.36. The lowest BCUT2D eigenvalue weighted by molar-refractivity contribution is 0.542. The minimum Gasteiger partial charge on any atom is -0.755 e. The van der Waals surface area contributed by atoms with Crippen molar-refractivity contribution in [3.8, 4) is 0 Å². The number of anilines is 2. The van der Waals surface area contributed by atoms with Crippen molar-refractivity contribution in [3.63, 3.8) is 0 Å². The van der Waals surface area contributed by atoms with E-state index in [9.17, 15) is 26.0 Å². The number of rotatable bonds is 8. The van der Waals surface area contributed by atoms with E-state index in [0.29, 0.717) is 17.0 Å². The number of hydrogen-bond donors (Lipinski definition) is 2. The van der Waals surface area contributed by atoms with Gasteiger partial charge in [-0.1, -0.05) is 17.8 Å². The zero-order valence-corrected chi connectivity index (χ0v) is 18.5. The summed E-state index contributed by atoms with van der Waals surface area (Å²) in [5, 5.41) is 1.93. The molecule has 0 saturated heterocycles. The average molecular weight is 491 g/mol. The molecule has 1 unspecified atom stereocenters. The second-order valence-electron chi connectivity index (χ2n) is 6.04. The molecule has 0 aliphatic rings. The number of aromatic nitrogens is 1. The summed E-state index contributed by atoms with van der Waals surface area (Å²) in [6.45, 7) is 0. The first-order valence-electron chi connectivity index (χ1n) is 8.13. The molecule has 3 rings (SSSR count). The van der Waals surface area contributed by atoms with Crippen molar-refractivity contribution in [2.75, 3.05) is 15.7 Å². The summed E-state index contributed by atoms with van der Waals surface area (Å²) in [6.07, 6.45) is 1.36. The predicted molar refractivity (Wildman–Crippen MR) is 113 cm³/mol. The van der Waals surface area contributed by atoms with Gasteiger partial charge in [0.1, 0.15) is 11.6 Å². The first-order chi connectivity index (χ1) is 14.1. The Morgan fingerprint density at radius 2 is 1.97 bits per heavy atom. The minimum absolute atomic E-state index is 0.126. The monoisotopic (exact) mass is 490 g/mol. The highest BCUT2D eigenvalue weighted by atomic mass is 32.2. The summed E-state index contributed by atoms with van der Waals surface area (Å²) in [5.74, 6) is -1.48. The number of halogens is 2. The molecule has 0 aliphatic heterocycles. The van der Waals surface area contributed by atoms with Gasteiger partial charge in [-0.05, 0) is 29.8 Å². The molecule has 3 aromatic rings. The van der Waals surface area contributed by atoms with Gasteiger partial charge >= 0.3 is 0 Å². The second kappa shape index (κ2) is 9.39. The molecular formula is C17H14F2N3O4S4-. The summed E-state index contributed by atoms with van der Waals surface area (Å²) in [6, 6.07) is 7.98. The Hall–Kier alpha value is -2.06. The molecule has 0 amide bonds. The molecule has 2 aromatic carbocycles. The van der Waals surface area contributed by atoms with Crippen molar-refractivity contribution in [2.24, 2.45) is 0 Å². The van der Waals surface area contributed by atoms with E-state index in [-0.39, 0.29) is 15.7 Å². The Bertz CT molecular complexity index is 1200. The van der Waals surface area contributed by atoms with E-state index in [4.69, 9.17) is 0 Å². The van der Waals surface area contributed by atoms with Crippen molar-refractivity contribution in [1.29, 1.82) is 0 Å². The number of nitrogens with one attached hydrogen (secondary N) is 2. The summed E-state index contributed by atoms with van der Waals surface area (Å²) < 4.78 is 76.5. The quantitative estimate of drug-likeness (QED) is 0.466. The third-order valence-electron chi connectivity index (χ3n) is 3.56. The normalized spacial score (nSPS) is 12.5. The van der Waals surface area contributed by atoms with Crippen LogP contribution in [0.3, 0.4) is 0 Å². The standard InChI is InChI=1S/C17H15F2N3O4S4/c1-30(25,26)22-17-20-12(9-27-17)6-10-2-4-14(21-29(23)24)16(7-10)28-15-5-3-11(18)8-13(15)19/h2-5,7-9,21H,6H2,1H3,(H,20,22)(H,23,24)/p-1. The van der Waals surface area contributed by atoms with Gasteiger partial charge in [0.15, 0.2) is 5.13 Å². The van der Waals surface area contributed by atoms with Gasteiger partial charge in [0, 0.05) is 38.9 Å². The summed E-state index contributed by atoms with van der Waals surface area (Å²) in [7, 11) is -3.44. The summed E-state index contributed by atoms with van der Waals surface area (Å²) in [5.41, 5.74) is 1.57. The highest BCUT2D eigenvalue weighted by Gasteiger charge is 2.12. The second-order valence-corrected chi connectivity index (χ2v) is 10.4. The molecule has 7 nitrogen and oxygen atoms in total. The van der Waals surface area contributed by atoms with Crippen LogP contribution in [0, 0.1) is 11.6 Å². The van der Waals surface area contributed by atoms with Gasteiger partial charge in [-0.2, -0.15) is 0 Å². The fraction of sp³-hybridized carbons (Fsp3) is 0.118. The Morgan fingerprint density at radius 3 is 2.63 bits per heavy atom. The van der Waals surface area contributed by atoms with Crippen molar-refractivity contribution < 1.29 is 26.0 Å². The van der Waals surface area contributed by atoms with E-state index in [1.165, 1.54) is 12.1 Å². The van der Waals surface area contributed by atoms with Gasteiger partial charge in [-0.25, -0.2) is 22.2 Å². The Balaban J connectivity index is 1.87. The van der Waals surface area contributed by atoms with Crippen molar-refractivity contribution in [3.05, 3.63) is 64.7 Å². The van der Waals surface area contributed by atoms with Crippen molar-refractivity contribution >= 4 is 55.2 Å². The third-order valence-corrected chi connectivity index (χ3v) is 6.56. The van der Waals surface area contributed by atoms with Gasteiger partial charge < -0.3 is 9.27 Å². The molecule has 0 radical (unpaired) electrons. The molecule has 1 atom stereocenters. The SMILES string of the molecule is CS(=O)(=O)Nc1nc(Cc2ccc(NS(=O)[O-])c(Sc3ccc(F)cc3F)c2)cs1. The maximum atomic E-state index is 14.0. The number of sulfonamides is 1. The fourth-order valence-electron chi connectivity index (χ4n) is 2.41. The Morgan fingerprint density at radius 1 is 1.20 bits per heavy atom. The van der Waals surface area contributed by atoms with Gasteiger partial charge in [-0.3, -0.25) is 8.93 Å². The van der Waals surface area contributed by atoms with E-state index in [1.807, 2.05) is 0 Å². The van der Waals surface area contributed by atoms with Crippen molar-refractivity contribution in [1.82, 2.24) is 4.98 Å². The first-order valence-corrected chi connectivity index (χ1v) is 12.8. The average Bonchev–Trinajstić information content (AvgIpc) is 3.04. The highest BCUT2D eigenvalue weighted by molar-refractivity contribution is 7.99. The lowest BCUT2D eigenvalue weighted by Gasteiger charge is -2.15. The smallest absolute Gasteiger partial charge is 0.231 e. The van der Waals surface area contributed by atoms with Gasteiger partial charge in [0.05, 0.1) is 17.6 Å². The molecule has 1 heterocycles. The van der Waals surface area contributed by atoms with Gasteiger partial charge in [0.2, 0.25) is 10.0 Å². The van der Waals surface area contributed by atoms with Crippen LogP contribution in [0.4, 0.5) is 19.6 Å². The zero-order valence-electron chi connectivity index (χ0n) is 15.2. The van der Waals surface area contributed by atoms with Crippen molar-refractivity contribution in [2.45, 2.75) is 16.2 Å². The number of benzene rings is 2. The summed E-state index contributed by atoms with van der Waals surface area (Å²) >= 11 is -0.514. The number of nitrogens with zero attached hydrogens (tertiary/aromatic N) is 1. The first kappa shape index (κ1) is 22.6. The van der Waals surface area contributed by atoms with Crippen LogP contribution in [-0.4, -0.2) is 28.4 Å². The molecule has 1 aromatic heterocycles. The Labute approximate surface area is 182 Å². The van der Waals surface area contributed by atoms with Gasteiger partial charge in [-0.15, -0.1) is 11.3 Å². The van der Waals surface area contributed by atoms with Crippen LogP contribution in [0.25, 0.3) is 0 Å². The molecule has 2 N–H and O–H groups in total. The number of thiazole rings is 1. The molecule has 160 valence electrons. The van der Waals surface area contributed by atoms with Gasteiger partial charge in [0.25, 0.3) is 0 Å². The summed E-state index contributed by atoms with van der Waals surface area (Å²) in [4.78, 5) is 4.74. The van der Waals surface area contributed by atoms with Crippen LogP contribution in [0.1, 0.15) is 11.3 Å². The molecule has 13 heteroatoms. The Kier molecular flexibility index (Phi) is 7.08. The van der Waals surface area contributed by atoms with E-state index in [1.54, 1.807) is 17.5 Å². The molecule has 0 fully saturated rings. The van der Waals surface area contributed by atoms with Crippen LogP contribution < -0.4 is 9.44 Å².